The molecule has 0 spiro atoms. The van der Waals surface area contributed by atoms with Gasteiger partial charge in [0, 0.05) is 22.8 Å². The highest BCUT2D eigenvalue weighted by Crippen LogP contribution is 2.23. The molecule has 0 fully saturated rings. The molecule has 0 heterocycles. The van der Waals surface area contributed by atoms with Crippen molar-refractivity contribution in [3.05, 3.63) is 23.8 Å². The normalized spacial score (nSPS) is 14.1. The maximum absolute atomic E-state index is 12.1. The van der Waals surface area contributed by atoms with Crippen molar-refractivity contribution >= 4 is 23.2 Å². The van der Waals surface area contributed by atoms with Gasteiger partial charge in [-0.1, -0.05) is 33.8 Å². The van der Waals surface area contributed by atoms with Crippen molar-refractivity contribution < 1.29 is 9.59 Å². The largest absolute Gasteiger partial charge is 0.327 e. The summed E-state index contributed by atoms with van der Waals surface area (Å²) in [6.07, 6.45) is 0. The number of aryl methyl sites for hydroxylation is 1. The van der Waals surface area contributed by atoms with Crippen LogP contribution < -0.4 is 16.4 Å². The summed E-state index contributed by atoms with van der Waals surface area (Å²) in [5.41, 5.74) is 7.56. The van der Waals surface area contributed by atoms with Crippen LogP contribution in [0.1, 0.15) is 40.2 Å². The Hall–Kier alpha value is -1.88. The van der Waals surface area contributed by atoms with Crippen molar-refractivity contribution in [3.8, 4) is 0 Å². The van der Waals surface area contributed by atoms with E-state index in [1.54, 1.807) is 19.9 Å². The van der Waals surface area contributed by atoms with Crippen LogP contribution in [0.3, 0.4) is 0 Å². The van der Waals surface area contributed by atoms with Crippen LogP contribution >= 0.6 is 0 Å². The molecule has 22 heavy (non-hydrogen) atoms. The Labute approximate surface area is 132 Å². The van der Waals surface area contributed by atoms with Gasteiger partial charge in [-0.05, 0) is 31.5 Å². The molecule has 122 valence electrons. The van der Waals surface area contributed by atoms with Crippen molar-refractivity contribution in [2.45, 2.75) is 47.6 Å². The summed E-state index contributed by atoms with van der Waals surface area (Å²) in [5, 5.41) is 5.73. The Morgan fingerprint density at radius 1 is 1.14 bits per heavy atom. The van der Waals surface area contributed by atoms with Crippen molar-refractivity contribution in [3.63, 3.8) is 0 Å². The van der Waals surface area contributed by atoms with Crippen LogP contribution in [0.25, 0.3) is 0 Å². The number of carbonyl (C=O) groups is 2. The lowest BCUT2D eigenvalue weighted by atomic mass is 9.95. The molecule has 0 aliphatic heterocycles. The van der Waals surface area contributed by atoms with Crippen LogP contribution in [0.15, 0.2) is 18.2 Å². The Morgan fingerprint density at radius 3 is 2.23 bits per heavy atom. The lowest BCUT2D eigenvalue weighted by Gasteiger charge is -2.19. The molecule has 0 aliphatic rings. The molecule has 0 aromatic heterocycles. The second-order valence-electron chi connectivity index (χ2n) is 6.87. The van der Waals surface area contributed by atoms with Gasteiger partial charge in [0.05, 0.1) is 5.92 Å². The molecule has 2 amide bonds. The molecule has 0 saturated heterocycles. The molecule has 1 rings (SSSR count). The number of rotatable bonds is 4. The van der Waals surface area contributed by atoms with Gasteiger partial charge in [-0.15, -0.1) is 0 Å². The van der Waals surface area contributed by atoms with Crippen molar-refractivity contribution in [1.29, 1.82) is 0 Å². The topological polar surface area (TPSA) is 84.2 Å². The number of carbonyl (C=O) groups excluding carboxylic acids is 2. The van der Waals surface area contributed by atoms with Crippen molar-refractivity contribution in [2.75, 3.05) is 10.6 Å². The van der Waals surface area contributed by atoms with E-state index in [4.69, 9.17) is 5.73 Å². The minimum Gasteiger partial charge on any atom is -0.327 e. The third-order valence-electron chi connectivity index (χ3n) is 3.64. The quantitative estimate of drug-likeness (QED) is 0.799. The minimum atomic E-state index is -0.474. The summed E-state index contributed by atoms with van der Waals surface area (Å²) >= 11 is 0. The van der Waals surface area contributed by atoms with Crippen molar-refractivity contribution in [1.82, 2.24) is 0 Å². The molecular formula is C17H27N3O2. The smallest absolute Gasteiger partial charge is 0.229 e. The average Bonchev–Trinajstić information content (AvgIpc) is 2.40. The molecule has 0 aliphatic carbocycles. The molecule has 2 atom stereocenters. The molecular weight excluding hydrogens is 278 g/mol. The van der Waals surface area contributed by atoms with Gasteiger partial charge in [0.2, 0.25) is 11.8 Å². The van der Waals surface area contributed by atoms with Gasteiger partial charge < -0.3 is 16.4 Å². The fourth-order valence-corrected chi connectivity index (χ4v) is 1.64. The molecule has 1 aromatic rings. The van der Waals surface area contributed by atoms with E-state index in [1.807, 2.05) is 39.8 Å². The van der Waals surface area contributed by atoms with Crippen LogP contribution in [0, 0.1) is 18.3 Å². The SMILES string of the molecule is Cc1ccc(NC(=O)C(C)(C)C)cc1NC(=O)C(C)C(C)N. The number of nitrogens with two attached hydrogens (primary N) is 1. The minimum absolute atomic E-state index is 0.0717. The van der Waals surface area contributed by atoms with E-state index < -0.39 is 5.41 Å². The number of hydrogen-bond donors (Lipinski definition) is 3. The third kappa shape index (κ3) is 4.84. The summed E-state index contributed by atoms with van der Waals surface area (Å²) in [6.45, 7) is 11.1. The van der Waals surface area contributed by atoms with Crippen LogP contribution in [-0.2, 0) is 9.59 Å². The monoisotopic (exact) mass is 305 g/mol. The van der Waals surface area contributed by atoms with Crippen molar-refractivity contribution in [2.24, 2.45) is 17.1 Å². The molecule has 0 bridgehead atoms. The predicted octanol–water partition coefficient (Wildman–Crippen LogP) is 2.90. The number of benzene rings is 1. The van der Waals surface area contributed by atoms with E-state index in [-0.39, 0.29) is 23.8 Å². The summed E-state index contributed by atoms with van der Waals surface area (Å²) < 4.78 is 0. The highest BCUT2D eigenvalue weighted by atomic mass is 16.2. The summed E-state index contributed by atoms with van der Waals surface area (Å²) in [4.78, 5) is 24.2. The van der Waals surface area contributed by atoms with E-state index in [0.717, 1.165) is 5.56 Å². The second kappa shape index (κ2) is 6.92. The number of anilines is 2. The zero-order chi connectivity index (χ0) is 17.1. The predicted molar refractivity (Wildman–Crippen MR) is 90.7 cm³/mol. The van der Waals surface area contributed by atoms with Gasteiger partial charge in [-0.3, -0.25) is 9.59 Å². The van der Waals surface area contributed by atoms with E-state index in [2.05, 4.69) is 10.6 Å². The first-order chi connectivity index (χ1) is 10.0. The summed E-state index contributed by atoms with van der Waals surface area (Å²) in [5.74, 6) is -0.484. The van der Waals surface area contributed by atoms with Crippen LogP contribution in [0.5, 0.6) is 0 Å². The third-order valence-corrected chi connectivity index (χ3v) is 3.64. The van der Waals surface area contributed by atoms with E-state index in [9.17, 15) is 9.59 Å². The van der Waals surface area contributed by atoms with E-state index in [1.165, 1.54) is 0 Å². The first kappa shape index (κ1) is 18.2. The van der Waals surface area contributed by atoms with Crippen LogP contribution in [0.2, 0.25) is 0 Å². The van der Waals surface area contributed by atoms with Gasteiger partial charge in [-0.2, -0.15) is 0 Å². The van der Waals surface area contributed by atoms with E-state index >= 15 is 0 Å². The highest BCUT2D eigenvalue weighted by molar-refractivity contribution is 5.97. The highest BCUT2D eigenvalue weighted by Gasteiger charge is 2.22. The van der Waals surface area contributed by atoms with Gasteiger partial charge in [-0.25, -0.2) is 0 Å². The molecule has 1 aromatic carbocycles. The maximum Gasteiger partial charge on any atom is 0.229 e. The number of hydrogen-bond acceptors (Lipinski definition) is 3. The Morgan fingerprint density at radius 2 is 1.73 bits per heavy atom. The Kier molecular flexibility index (Phi) is 5.72. The summed E-state index contributed by atoms with van der Waals surface area (Å²) in [7, 11) is 0. The van der Waals surface area contributed by atoms with Crippen LogP contribution in [-0.4, -0.2) is 17.9 Å². The first-order valence-corrected chi connectivity index (χ1v) is 7.51. The zero-order valence-electron chi connectivity index (χ0n) is 14.3. The molecule has 0 saturated carbocycles. The molecule has 0 radical (unpaired) electrons. The zero-order valence-corrected chi connectivity index (χ0v) is 14.3. The lowest BCUT2D eigenvalue weighted by Crippen LogP contribution is -2.34. The Balaban J connectivity index is 2.91. The number of amides is 2. The standard InChI is InChI=1S/C17H27N3O2/c1-10-7-8-13(19-16(22)17(4,5)6)9-14(10)20-15(21)11(2)12(3)18/h7-9,11-12H,18H2,1-6H3,(H,19,22)(H,20,21). The van der Waals surface area contributed by atoms with Gasteiger partial charge in [0.15, 0.2) is 0 Å². The maximum atomic E-state index is 12.1. The Bertz CT molecular complexity index is 560. The van der Waals surface area contributed by atoms with Gasteiger partial charge in [0.25, 0.3) is 0 Å². The summed E-state index contributed by atoms with van der Waals surface area (Å²) in [6, 6.07) is 5.24. The fourth-order valence-electron chi connectivity index (χ4n) is 1.64. The molecule has 5 heteroatoms. The molecule has 5 nitrogen and oxygen atoms in total. The van der Waals surface area contributed by atoms with Gasteiger partial charge in [0.1, 0.15) is 0 Å². The van der Waals surface area contributed by atoms with E-state index in [0.29, 0.717) is 11.4 Å². The van der Waals surface area contributed by atoms with Gasteiger partial charge >= 0.3 is 0 Å². The molecule has 2 unspecified atom stereocenters. The lowest BCUT2D eigenvalue weighted by molar-refractivity contribution is -0.123. The fraction of sp³-hybridized carbons (Fsp3) is 0.529. The van der Waals surface area contributed by atoms with Crippen LogP contribution in [0.4, 0.5) is 11.4 Å². The average molecular weight is 305 g/mol. The molecule has 4 N–H and O–H groups in total. The number of nitrogens with one attached hydrogen (secondary N) is 2. The first-order valence-electron chi connectivity index (χ1n) is 7.51. The second-order valence-corrected chi connectivity index (χ2v) is 6.87.